The molecule has 3 fully saturated rings. The largest absolute Gasteiger partial charge is 0.477 e. The molecule has 4 aliphatic heterocycles. The fourth-order valence-electron chi connectivity index (χ4n) is 6.33. The third-order valence-corrected chi connectivity index (χ3v) is 9.77. The van der Waals surface area contributed by atoms with Crippen molar-refractivity contribution in [3.8, 4) is 0 Å². The number of carboxylic acid groups (broad SMARTS) is 1. The van der Waals surface area contributed by atoms with Crippen LogP contribution in [0.5, 0.6) is 0 Å². The van der Waals surface area contributed by atoms with E-state index in [1.165, 1.54) is 16.7 Å². The smallest absolute Gasteiger partial charge is 0.353 e. The number of β-lactam (4-membered cyclic amide) rings is 1. The lowest BCUT2D eigenvalue weighted by molar-refractivity contribution is -0.160. The molecule has 13 nitrogen and oxygen atoms in total. The van der Waals surface area contributed by atoms with E-state index in [0.717, 1.165) is 11.1 Å². The summed E-state index contributed by atoms with van der Waals surface area (Å²) in [5, 5.41) is 23.1. The number of nitrogens with two attached hydrogens (primary N) is 1. The van der Waals surface area contributed by atoms with Crippen molar-refractivity contribution < 1.29 is 33.1 Å². The normalized spacial score (nSPS) is 30.7. The number of carbonyl (C=O) groups excluding carboxylic acids is 3. The number of fused-ring (bicyclic) bond motifs is 1. The maximum atomic E-state index is 13.2. The van der Waals surface area contributed by atoms with Gasteiger partial charge in [-0.1, -0.05) is 13.8 Å². The molecule has 0 saturated carbocycles. The van der Waals surface area contributed by atoms with Gasteiger partial charge in [0.25, 0.3) is 6.43 Å². The zero-order valence-electron chi connectivity index (χ0n) is 22.1. The molecule has 4 aliphatic rings. The van der Waals surface area contributed by atoms with E-state index < -0.39 is 48.4 Å². The van der Waals surface area contributed by atoms with Crippen LogP contribution in [0.25, 0.3) is 0 Å². The number of ketones is 1. The van der Waals surface area contributed by atoms with Crippen LogP contribution in [0.15, 0.2) is 10.6 Å². The number of nitrogens with zero attached hydrogens (tertiary/aromatic N) is 6. The Bertz CT molecular complexity index is 1240. The number of hydrogen-bond acceptors (Lipinski definition) is 10. The maximum absolute atomic E-state index is 13.2. The van der Waals surface area contributed by atoms with Gasteiger partial charge in [-0.25, -0.2) is 18.3 Å². The third kappa shape index (κ3) is 5.11. The number of carboxylic acids is 1. The summed E-state index contributed by atoms with van der Waals surface area (Å²) in [5.74, 6) is -4.01. The van der Waals surface area contributed by atoms with Gasteiger partial charge in [0.2, 0.25) is 17.6 Å². The number of thioether (sulfide) groups is 1. The molecule has 16 heteroatoms. The summed E-state index contributed by atoms with van der Waals surface area (Å²) in [6.07, 6.45) is -1.70. The number of aromatic nitrogens is 4. The van der Waals surface area contributed by atoms with Gasteiger partial charge in [0, 0.05) is 48.2 Å². The summed E-state index contributed by atoms with van der Waals surface area (Å²) in [4.78, 5) is 54.7. The van der Waals surface area contributed by atoms with Crippen LogP contribution >= 0.6 is 11.8 Å². The molecule has 40 heavy (non-hydrogen) atoms. The van der Waals surface area contributed by atoms with Gasteiger partial charge in [-0.05, 0) is 29.2 Å². The van der Waals surface area contributed by atoms with E-state index in [1.54, 1.807) is 11.8 Å². The van der Waals surface area contributed by atoms with Crippen molar-refractivity contribution in [3.05, 3.63) is 16.4 Å². The Labute approximate surface area is 232 Å². The van der Waals surface area contributed by atoms with Crippen LogP contribution in [0, 0.1) is 17.8 Å². The molecule has 0 aromatic carbocycles. The lowest BCUT2D eigenvalue weighted by Crippen LogP contribution is -2.62. The lowest BCUT2D eigenvalue weighted by atomic mass is 9.73. The number of Topliss-reactive ketones (excluding diaryl/α,β-unsaturated/α-hetero) is 1. The quantitative estimate of drug-likeness (QED) is 0.317. The highest BCUT2D eigenvalue weighted by atomic mass is 32.2. The van der Waals surface area contributed by atoms with Crippen molar-refractivity contribution in [1.82, 2.24) is 35.3 Å². The molecule has 0 aliphatic carbocycles. The number of tetrazole rings is 1. The molecule has 4 N–H and O–H groups in total. The number of halogens is 2. The summed E-state index contributed by atoms with van der Waals surface area (Å²) >= 11 is 1.39. The van der Waals surface area contributed by atoms with Crippen LogP contribution in [0.3, 0.4) is 0 Å². The predicted molar refractivity (Wildman–Crippen MR) is 136 cm³/mol. The van der Waals surface area contributed by atoms with Crippen molar-refractivity contribution in [2.75, 3.05) is 19.6 Å². The van der Waals surface area contributed by atoms with Gasteiger partial charge >= 0.3 is 5.97 Å². The fraction of sp³-hybridized carbons (Fsp3) is 0.708. The summed E-state index contributed by atoms with van der Waals surface area (Å²) in [6, 6.07) is -0.802. The Balaban J connectivity index is 1.23. The van der Waals surface area contributed by atoms with Crippen LogP contribution in [0.1, 0.15) is 45.4 Å². The molecule has 218 valence electrons. The van der Waals surface area contributed by atoms with Gasteiger partial charge in [0.05, 0.1) is 18.0 Å². The molecule has 0 radical (unpaired) electrons. The van der Waals surface area contributed by atoms with Gasteiger partial charge in [-0.3, -0.25) is 14.4 Å². The Morgan fingerprint density at radius 3 is 2.70 bits per heavy atom. The first-order valence-corrected chi connectivity index (χ1v) is 14.2. The average Bonchev–Trinajstić information content (AvgIpc) is 3.67. The van der Waals surface area contributed by atoms with Crippen LogP contribution < -0.4 is 11.1 Å². The molecule has 4 unspecified atom stereocenters. The highest BCUT2D eigenvalue weighted by Gasteiger charge is 2.60. The van der Waals surface area contributed by atoms with E-state index in [2.05, 4.69) is 20.8 Å². The van der Waals surface area contributed by atoms with Gasteiger partial charge < -0.3 is 26.0 Å². The lowest BCUT2D eigenvalue weighted by Gasteiger charge is -2.47. The van der Waals surface area contributed by atoms with E-state index in [9.17, 15) is 33.1 Å². The first-order chi connectivity index (χ1) is 19.0. The molecule has 3 saturated heterocycles. The zero-order valence-corrected chi connectivity index (χ0v) is 22.9. The number of aliphatic carboxylic acids is 1. The second kappa shape index (κ2) is 11.1. The molecule has 0 spiro atoms. The molecule has 1 aromatic rings. The number of carbonyl (C=O) groups is 4. The second-order valence-corrected chi connectivity index (χ2v) is 12.4. The monoisotopic (exact) mass is 582 g/mol. The first-order valence-electron chi connectivity index (χ1n) is 13.3. The number of amides is 2. The van der Waals surface area contributed by atoms with Crippen molar-refractivity contribution >= 4 is 35.3 Å². The van der Waals surface area contributed by atoms with Gasteiger partial charge in [0.15, 0.2) is 5.78 Å². The van der Waals surface area contributed by atoms with Crippen LogP contribution in [-0.2, 0) is 25.7 Å². The summed E-state index contributed by atoms with van der Waals surface area (Å²) in [7, 11) is 0. The molecule has 2 amide bonds. The highest BCUT2D eigenvalue weighted by Crippen LogP contribution is 2.53. The molecular formula is C24H32F2N8O5S. The molecule has 1 aromatic heterocycles. The summed E-state index contributed by atoms with van der Waals surface area (Å²) < 4.78 is 26.8. The molecule has 7 atom stereocenters. The summed E-state index contributed by atoms with van der Waals surface area (Å²) in [6.45, 7) is 4.84. The molecular weight excluding hydrogens is 550 g/mol. The van der Waals surface area contributed by atoms with E-state index in [0.29, 0.717) is 31.0 Å². The molecule has 5 heterocycles. The molecule has 0 bridgehead atoms. The minimum absolute atomic E-state index is 0.00264. The Morgan fingerprint density at radius 1 is 1.30 bits per heavy atom. The minimum Gasteiger partial charge on any atom is -0.477 e. The number of hydrogen-bond donors (Lipinski definition) is 3. The van der Waals surface area contributed by atoms with Crippen molar-refractivity contribution in [2.45, 2.75) is 69.5 Å². The van der Waals surface area contributed by atoms with Gasteiger partial charge in [-0.2, -0.15) is 0 Å². The van der Waals surface area contributed by atoms with Crippen molar-refractivity contribution in [2.24, 2.45) is 23.5 Å². The van der Waals surface area contributed by atoms with E-state index in [-0.39, 0.29) is 47.2 Å². The fourth-order valence-corrected chi connectivity index (χ4v) is 7.81. The Hall–Kier alpha value is -2.98. The van der Waals surface area contributed by atoms with Crippen LogP contribution in [-0.4, -0.2) is 102 Å². The maximum Gasteiger partial charge on any atom is 0.353 e. The SMILES string of the molecule is CC(CC(=O)Cn1nnnc1C(F)F)C1C(=O)N2C(C(=O)O)=C(SC3CNC(C(=O)N4CC[C@@H](N)C4)C3)[C@H](C)[C@@H]12. The highest BCUT2D eigenvalue weighted by molar-refractivity contribution is 8.03. The van der Waals surface area contributed by atoms with Crippen molar-refractivity contribution in [1.29, 1.82) is 0 Å². The Morgan fingerprint density at radius 2 is 2.05 bits per heavy atom. The number of alkyl halides is 2. The number of likely N-dealkylation sites (tertiary alicyclic amines) is 1. The van der Waals surface area contributed by atoms with E-state index in [4.69, 9.17) is 5.73 Å². The topological polar surface area (TPSA) is 177 Å². The zero-order chi connectivity index (χ0) is 28.9. The Kier molecular flexibility index (Phi) is 7.94. The molecule has 5 rings (SSSR count). The summed E-state index contributed by atoms with van der Waals surface area (Å²) in [5.41, 5.74) is 5.89. The first kappa shape index (κ1) is 28.5. The second-order valence-electron chi connectivity index (χ2n) is 11.0. The van der Waals surface area contributed by atoms with Crippen LogP contribution in [0.4, 0.5) is 8.78 Å². The predicted octanol–water partition coefficient (Wildman–Crippen LogP) is 0.00220. The average molecular weight is 583 g/mol. The third-order valence-electron chi connectivity index (χ3n) is 8.25. The standard InChI is InChI=1S/C24H32F2N8O5S/c1-10(5-13(35)9-33-21(20(25)26)29-30-31-33)16-17-11(2)19(18(24(38)39)34(17)23(16)37)40-14-6-15(28-7-14)22(36)32-4-3-12(27)8-32/h10-12,14-17,20,28H,3-9,27H2,1-2H3,(H,38,39)/t10?,11-,12-,14?,15?,16?,17+/m1/s1. The number of rotatable bonds is 10. The van der Waals surface area contributed by atoms with Gasteiger partial charge in [0.1, 0.15) is 12.2 Å². The van der Waals surface area contributed by atoms with E-state index >= 15 is 0 Å². The van der Waals surface area contributed by atoms with Gasteiger partial charge in [-0.15, -0.1) is 16.9 Å². The van der Waals surface area contributed by atoms with E-state index in [1.807, 2.05) is 6.92 Å². The van der Waals surface area contributed by atoms with Crippen molar-refractivity contribution in [3.63, 3.8) is 0 Å². The van der Waals surface area contributed by atoms with Crippen LogP contribution in [0.2, 0.25) is 0 Å². The minimum atomic E-state index is -2.93. The number of nitrogens with one attached hydrogen (secondary N) is 1.